The van der Waals surface area contributed by atoms with Crippen molar-refractivity contribution in [3.63, 3.8) is 0 Å². The summed E-state index contributed by atoms with van der Waals surface area (Å²) in [5.41, 5.74) is 4.22. The maximum atomic E-state index is 11.5. The number of rotatable bonds is 0. The molecule has 0 saturated heterocycles. The van der Waals surface area contributed by atoms with Gasteiger partial charge in [-0.25, -0.2) is 4.79 Å². The zero-order chi connectivity index (χ0) is 11.2. The zero-order valence-corrected chi connectivity index (χ0v) is 9.18. The standard InChI is InChI=1S/C12H14O3/c1-6-7(2)9-4-5-15-12(14)10(9)11(13)8(6)3/h13H,4-5H2,1-3H3. The summed E-state index contributed by atoms with van der Waals surface area (Å²) in [5, 5.41) is 9.92. The number of phenols is 1. The Morgan fingerprint density at radius 3 is 2.47 bits per heavy atom. The summed E-state index contributed by atoms with van der Waals surface area (Å²) in [6.07, 6.45) is 0.696. The molecule has 1 heterocycles. The topological polar surface area (TPSA) is 46.5 Å². The molecule has 3 nitrogen and oxygen atoms in total. The second kappa shape index (κ2) is 3.26. The Hall–Kier alpha value is -1.51. The molecule has 15 heavy (non-hydrogen) atoms. The van der Waals surface area contributed by atoms with Crippen LogP contribution in [0.2, 0.25) is 0 Å². The van der Waals surface area contributed by atoms with Crippen LogP contribution in [0.1, 0.15) is 32.6 Å². The molecule has 0 amide bonds. The molecule has 1 aliphatic heterocycles. The number of hydrogen-bond donors (Lipinski definition) is 1. The molecule has 0 bridgehead atoms. The van der Waals surface area contributed by atoms with Crippen molar-refractivity contribution >= 4 is 5.97 Å². The van der Waals surface area contributed by atoms with Gasteiger partial charge in [0.15, 0.2) is 0 Å². The normalized spacial score (nSPS) is 14.7. The van der Waals surface area contributed by atoms with E-state index in [1.54, 1.807) is 0 Å². The van der Waals surface area contributed by atoms with Crippen LogP contribution in [0.4, 0.5) is 0 Å². The monoisotopic (exact) mass is 206 g/mol. The second-order valence-electron chi connectivity index (χ2n) is 3.96. The molecule has 1 aliphatic rings. The van der Waals surface area contributed by atoms with Crippen molar-refractivity contribution in [1.82, 2.24) is 0 Å². The predicted octanol–water partition coefficient (Wildman–Crippen LogP) is 2.03. The van der Waals surface area contributed by atoms with Crippen LogP contribution in [0.3, 0.4) is 0 Å². The number of hydrogen-bond acceptors (Lipinski definition) is 3. The number of fused-ring (bicyclic) bond motifs is 1. The first kappa shape index (κ1) is 10.0. The van der Waals surface area contributed by atoms with Crippen LogP contribution in [0.5, 0.6) is 5.75 Å². The third-order valence-electron chi connectivity index (χ3n) is 3.26. The van der Waals surface area contributed by atoms with Gasteiger partial charge in [0.2, 0.25) is 0 Å². The molecule has 0 aromatic heterocycles. The first-order chi connectivity index (χ1) is 7.04. The van der Waals surface area contributed by atoms with E-state index in [1.165, 1.54) is 0 Å². The quantitative estimate of drug-likeness (QED) is 0.661. The Balaban J connectivity index is 2.80. The van der Waals surface area contributed by atoms with Crippen LogP contribution in [-0.2, 0) is 11.2 Å². The van der Waals surface area contributed by atoms with Crippen LogP contribution in [-0.4, -0.2) is 17.7 Å². The van der Waals surface area contributed by atoms with Gasteiger partial charge < -0.3 is 9.84 Å². The molecule has 0 atom stereocenters. The van der Waals surface area contributed by atoms with Gasteiger partial charge in [0.1, 0.15) is 11.3 Å². The van der Waals surface area contributed by atoms with Crippen LogP contribution >= 0.6 is 0 Å². The van der Waals surface area contributed by atoms with Crippen molar-refractivity contribution in [2.75, 3.05) is 6.61 Å². The van der Waals surface area contributed by atoms with Gasteiger partial charge in [0.25, 0.3) is 0 Å². The molecule has 1 N–H and O–H groups in total. The first-order valence-corrected chi connectivity index (χ1v) is 5.02. The number of esters is 1. The van der Waals surface area contributed by atoms with Crippen LogP contribution in [0, 0.1) is 20.8 Å². The second-order valence-corrected chi connectivity index (χ2v) is 3.96. The molecule has 80 valence electrons. The molecule has 0 saturated carbocycles. The van der Waals surface area contributed by atoms with Crippen molar-refractivity contribution in [3.8, 4) is 5.75 Å². The molecule has 1 aromatic carbocycles. The number of aromatic hydroxyl groups is 1. The lowest BCUT2D eigenvalue weighted by atomic mass is 9.90. The highest BCUT2D eigenvalue weighted by Gasteiger charge is 2.26. The van der Waals surface area contributed by atoms with Crippen molar-refractivity contribution in [3.05, 3.63) is 27.8 Å². The molecule has 3 heteroatoms. The van der Waals surface area contributed by atoms with E-state index in [2.05, 4.69) is 0 Å². The molecule has 0 radical (unpaired) electrons. The summed E-state index contributed by atoms with van der Waals surface area (Å²) in [6.45, 7) is 6.18. The van der Waals surface area contributed by atoms with Gasteiger partial charge in [-0.2, -0.15) is 0 Å². The summed E-state index contributed by atoms with van der Waals surface area (Å²) in [6, 6.07) is 0. The highest BCUT2D eigenvalue weighted by atomic mass is 16.5. The van der Waals surface area contributed by atoms with E-state index in [4.69, 9.17) is 4.74 Å². The lowest BCUT2D eigenvalue weighted by Gasteiger charge is -2.22. The van der Waals surface area contributed by atoms with Gasteiger partial charge in [-0.15, -0.1) is 0 Å². The Morgan fingerprint density at radius 2 is 1.80 bits per heavy atom. The summed E-state index contributed by atoms with van der Waals surface area (Å²) >= 11 is 0. The highest BCUT2D eigenvalue weighted by Crippen LogP contribution is 2.34. The van der Waals surface area contributed by atoms with Gasteiger partial charge >= 0.3 is 5.97 Å². The van der Waals surface area contributed by atoms with E-state index in [0.717, 1.165) is 22.3 Å². The van der Waals surface area contributed by atoms with E-state index >= 15 is 0 Å². The van der Waals surface area contributed by atoms with E-state index in [1.807, 2.05) is 20.8 Å². The number of cyclic esters (lactones) is 1. The fraction of sp³-hybridized carbons (Fsp3) is 0.417. The van der Waals surface area contributed by atoms with Crippen molar-refractivity contribution < 1.29 is 14.6 Å². The first-order valence-electron chi connectivity index (χ1n) is 5.02. The lowest BCUT2D eigenvalue weighted by Crippen LogP contribution is -2.20. The number of phenolic OH excluding ortho intramolecular Hbond substituents is 1. The van der Waals surface area contributed by atoms with Gasteiger partial charge in [0, 0.05) is 6.42 Å². The third-order valence-corrected chi connectivity index (χ3v) is 3.26. The average Bonchev–Trinajstić information content (AvgIpc) is 2.23. The van der Waals surface area contributed by atoms with E-state index < -0.39 is 5.97 Å². The van der Waals surface area contributed by atoms with Crippen molar-refractivity contribution in [1.29, 1.82) is 0 Å². The van der Waals surface area contributed by atoms with E-state index in [-0.39, 0.29) is 5.75 Å². The van der Waals surface area contributed by atoms with E-state index in [0.29, 0.717) is 18.6 Å². The molecule has 0 spiro atoms. The molecular formula is C12H14O3. The SMILES string of the molecule is Cc1c(C)c(O)c2c(c1C)CCOC2=O. The molecule has 0 fully saturated rings. The maximum absolute atomic E-state index is 11.5. The smallest absolute Gasteiger partial charge is 0.342 e. The Labute approximate surface area is 88.7 Å². The molecule has 0 aliphatic carbocycles. The number of benzene rings is 1. The van der Waals surface area contributed by atoms with Crippen LogP contribution < -0.4 is 0 Å². The van der Waals surface area contributed by atoms with Crippen LogP contribution in [0.15, 0.2) is 0 Å². The number of carbonyl (C=O) groups is 1. The molecule has 1 aromatic rings. The number of ether oxygens (including phenoxy) is 1. The average molecular weight is 206 g/mol. The minimum absolute atomic E-state index is 0.0813. The van der Waals surface area contributed by atoms with Crippen molar-refractivity contribution in [2.24, 2.45) is 0 Å². The molecular weight excluding hydrogens is 192 g/mol. The summed E-state index contributed by atoms with van der Waals surface area (Å²) in [5.74, 6) is -0.322. The largest absolute Gasteiger partial charge is 0.507 e. The van der Waals surface area contributed by atoms with Gasteiger partial charge in [0.05, 0.1) is 6.61 Å². The van der Waals surface area contributed by atoms with Gasteiger partial charge in [-0.05, 0) is 43.0 Å². The minimum atomic E-state index is -0.403. The summed E-state index contributed by atoms with van der Waals surface area (Å²) in [7, 11) is 0. The third kappa shape index (κ3) is 1.30. The maximum Gasteiger partial charge on any atom is 0.342 e. The zero-order valence-electron chi connectivity index (χ0n) is 9.18. The van der Waals surface area contributed by atoms with Crippen LogP contribution in [0.25, 0.3) is 0 Å². The van der Waals surface area contributed by atoms with Crippen molar-refractivity contribution in [2.45, 2.75) is 27.2 Å². The molecule has 2 rings (SSSR count). The fourth-order valence-corrected chi connectivity index (χ4v) is 2.05. The van der Waals surface area contributed by atoms with E-state index in [9.17, 15) is 9.90 Å². The lowest BCUT2D eigenvalue weighted by molar-refractivity contribution is 0.0475. The molecule has 0 unspecified atom stereocenters. The summed E-state index contributed by atoms with van der Waals surface area (Å²) in [4.78, 5) is 11.5. The highest BCUT2D eigenvalue weighted by molar-refractivity contribution is 5.96. The summed E-state index contributed by atoms with van der Waals surface area (Å²) < 4.78 is 4.94. The predicted molar refractivity (Wildman–Crippen MR) is 56.3 cm³/mol. The fourth-order valence-electron chi connectivity index (χ4n) is 2.05. The number of carbonyl (C=O) groups excluding carboxylic acids is 1. The Morgan fingerprint density at radius 1 is 1.13 bits per heavy atom. The van der Waals surface area contributed by atoms with Gasteiger partial charge in [-0.1, -0.05) is 0 Å². The Kier molecular flexibility index (Phi) is 2.18. The van der Waals surface area contributed by atoms with Gasteiger partial charge in [-0.3, -0.25) is 0 Å². The Bertz CT molecular complexity index is 447. The minimum Gasteiger partial charge on any atom is -0.507 e.